The van der Waals surface area contributed by atoms with Gasteiger partial charge < -0.3 is 0 Å². The zero-order valence-corrected chi connectivity index (χ0v) is 11.5. The first-order valence-electron chi connectivity index (χ1n) is 6.14. The smallest absolute Gasteiger partial charge is 0.200 e. The van der Waals surface area contributed by atoms with Crippen LogP contribution in [0.4, 0.5) is 0 Å². The minimum absolute atomic E-state index is 0.253. The van der Waals surface area contributed by atoms with Crippen LogP contribution in [0.1, 0.15) is 31.7 Å². The number of rotatable bonds is 3. The summed E-state index contributed by atoms with van der Waals surface area (Å²) in [5.41, 5.74) is 1.98. The van der Waals surface area contributed by atoms with Crippen LogP contribution in [-0.2, 0) is 10.0 Å². The van der Waals surface area contributed by atoms with Crippen molar-refractivity contribution in [3.05, 3.63) is 29.8 Å². The topological polar surface area (TPSA) is 58.5 Å². The lowest BCUT2D eigenvalue weighted by Crippen LogP contribution is -2.21. The SMILES string of the molecule is Cc1ccc(S(=O)(=O)N/N=C2\CCCC2C)cc1. The molecule has 0 heterocycles. The maximum atomic E-state index is 12.0. The first-order valence-corrected chi connectivity index (χ1v) is 7.62. The van der Waals surface area contributed by atoms with Crippen molar-refractivity contribution in [1.29, 1.82) is 0 Å². The fraction of sp³-hybridized carbons (Fsp3) is 0.462. The highest BCUT2D eigenvalue weighted by Crippen LogP contribution is 2.21. The van der Waals surface area contributed by atoms with Gasteiger partial charge in [-0.1, -0.05) is 24.6 Å². The number of nitrogens with zero attached hydrogens (tertiary/aromatic N) is 1. The molecule has 0 saturated heterocycles. The Morgan fingerprint density at radius 3 is 2.50 bits per heavy atom. The molecular formula is C13H18N2O2S. The molecule has 0 bridgehead atoms. The van der Waals surface area contributed by atoms with E-state index < -0.39 is 10.0 Å². The van der Waals surface area contributed by atoms with Gasteiger partial charge in [0.15, 0.2) is 0 Å². The standard InChI is InChI=1S/C13H18N2O2S/c1-10-6-8-12(9-7-10)18(16,17)15-14-13-5-3-4-11(13)2/h6-9,11,15H,3-5H2,1-2H3/b14-13+. The van der Waals surface area contributed by atoms with Gasteiger partial charge in [-0.3, -0.25) is 0 Å². The highest BCUT2D eigenvalue weighted by atomic mass is 32.2. The number of aryl methyl sites for hydroxylation is 1. The maximum Gasteiger partial charge on any atom is 0.276 e. The fourth-order valence-electron chi connectivity index (χ4n) is 2.06. The minimum atomic E-state index is -3.53. The quantitative estimate of drug-likeness (QED) is 0.854. The average Bonchev–Trinajstić information content (AvgIpc) is 2.73. The predicted octanol–water partition coefficient (Wildman–Crippen LogP) is 2.45. The molecule has 1 unspecified atom stereocenters. The summed E-state index contributed by atoms with van der Waals surface area (Å²) in [5, 5.41) is 4.05. The monoisotopic (exact) mass is 266 g/mol. The van der Waals surface area contributed by atoms with E-state index in [2.05, 4.69) is 16.9 Å². The van der Waals surface area contributed by atoms with Gasteiger partial charge in [0.1, 0.15) is 0 Å². The van der Waals surface area contributed by atoms with Gasteiger partial charge in [-0.05, 0) is 44.2 Å². The van der Waals surface area contributed by atoms with Gasteiger partial charge in [-0.2, -0.15) is 13.5 Å². The first-order chi connectivity index (χ1) is 8.49. The van der Waals surface area contributed by atoms with E-state index in [0.717, 1.165) is 30.5 Å². The van der Waals surface area contributed by atoms with E-state index in [9.17, 15) is 8.42 Å². The Kier molecular flexibility index (Phi) is 3.71. The van der Waals surface area contributed by atoms with Crippen molar-refractivity contribution in [2.75, 3.05) is 0 Å². The molecule has 0 radical (unpaired) electrons. The van der Waals surface area contributed by atoms with Crippen molar-refractivity contribution in [1.82, 2.24) is 4.83 Å². The molecule has 1 aliphatic carbocycles. The summed E-state index contributed by atoms with van der Waals surface area (Å²) in [5.74, 6) is 0.380. The molecule has 0 spiro atoms. The van der Waals surface area contributed by atoms with E-state index in [-0.39, 0.29) is 4.90 Å². The second-order valence-corrected chi connectivity index (χ2v) is 6.47. The molecule has 1 N–H and O–H groups in total. The van der Waals surface area contributed by atoms with Crippen LogP contribution >= 0.6 is 0 Å². The molecule has 1 aliphatic rings. The zero-order chi connectivity index (χ0) is 13.2. The lowest BCUT2D eigenvalue weighted by molar-refractivity contribution is 0.584. The molecule has 1 atom stereocenters. The van der Waals surface area contributed by atoms with E-state index in [4.69, 9.17) is 0 Å². The second kappa shape index (κ2) is 5.10. The van der Waals surface area contributed by atoms with Crippen LogP contribution in [0.25, 0.3) is 0 Å². The second-order valence-electron chi connectivity index (χ2n) is 4.80. The van der Waals surface area contributed by atoms with Crippen molar-refractivity contribution in [2.45, 2.75) is 38.0 Å². The summed E-state index contributed by atoms with van der Waals surface area (Å²) in [4.78, 5) is 2.58. The number of hydrazone groups is 1. The molecule has 1 fully saturated rings. The Labute approximate surface area is 108 Å². The van der Waals surface area contributed by atoms with Gasteiger partial charge in [0.2, 0.25) is 0 Å². The van der Waals surface area contributed by atoms with Crippen molar-refractivity contribution in [3.8, 4) is 0 Å². The first kappa shape index (κ1) is 13.1. The molecule has 1 aromatic rings. The van der Waals surface area contributed by atoms with E-state index in [1.165, 1.54) is 0 Å². The number of hydrogen-bond donors (Lipinski definition) is 1. The Bertz CT molecular complexity index is 547. The van der Waals surface area contributed by atoms with Crippen molar-refractivity contribution >= 4 is 15.7 Å². The molecule has 18 heavy (non-hydrogen) atoms. The van der Waals surface area contributed by atoms with Gasteiger partial charge in [0.05, 0.1) is 4.90 Å². The third-order valence-electron chi connectivity index (χ3n) is 3.28. The molecule has 4 nitrogen and oxygen atoms in total. The molecule has 1 saturated carbocycles. The molecule has 98 valence electrons. The summed E-state index contributed by atoms with van der Waals surface area (Å²) in [6.07, 6.45) is 3.06. The van der Waals surface area contributed by atoms with E-state index in [0.29, 0.717) is 5.92 Å². The fourth-order valence-corrected chi connectivity index (χ4v) is 2.89. The molecule has 2 rings (SSSR count). The van der Waals surface area contributed by atoms with Gasteiger partial charge in [0.25, 0.3) is 10.0 Å². The zero-order valence-electron chi connectivity index (χ0n) is 10.7. The highest BCUT2D eigenvalue weighted by molar-refractivity contribution is 7.89. The largest absolute Gasteiger partial charge is 0.276 e. The average molecular weight is 266 g/mol. The third kappa shape index (κ3) is 2.90. The lowest BCUT2D eigenvalue weighted by atomic mass is 10.1. The van der Waals surface area contributed by atoms with Crippen molar-refractivity contribution in [3.63, 3.8) is 0 Å². The Balaban J connectivity index is 2.15. The summed E-state index contributed by atoms with van der Waals surface area (Å²) in [6, 6.07) is 6.74. The van der Waals surface area contributed by atoms with Gasteiger partial charge in [-0.25, -0.2) is 4.83 Å². The predicted molar refractivity (Wildman–Crippen MR) is 72.0 cm³/mol. The lowest BCUT2D eigenvalue weighted by Gasteiger charge is -2.07. The van der Waals surface area contributed by atoms with Crippen LogP contribution in [0.3, 0.4) is 0 Å². The number of sulfonamides is 1. The number of hydrogen-bond acceptors (Lipinski definition) is 3. The molecule has 0 amide bonds. The van der Waals surface area contributed by atoms with Crippen LogP contribution < -0.4 is 4.83 Å². The molecular weight excluding hydrogens is 248 g/mol. The molecule has 0 aromatic heterocycles. The Morgan fingerprint density at radius 1 is 1.28 bits per heavy atom. The van der Waals surface area contributed by atoms with E-state index >= 15 is 0 Å². The number of nitrogens with one attached hydrogen (secondary N) is 1. The molecule has 0 aliphatic heterocycles. The highest BCUT2D eigenvalue weighted by Gasteiger charge is 2.19. The van der Waals surface area contributed by atoms with Crippen molar-refractivity contribution < 1.29 is 8.42 Å². The molecule has 1 aromatic carbocycles. The summed E-state index contributed by atoms with van der Waals surface area (Å²) in [7, 11) is -3.53. The van der Waals surface area contributed by atoms with Gasteiger partial charge >= 0.3 is 0 Å². The summed E-state index contributed by atoms with van der Waals surface area (Å²) < 4.78 is 24.0. The third-order valence-corrected chi connectivity index (χ3v) is 4.50. The normalized spacial score (nSPS) is 22.3. The number of benzene rings is 1. The minimum Gasteiger partial charge on any atom is -0.200 e. The van der Waals surface area contributed by atoms with Crippen LogP contribution in [0.5, 0.6) is 0 Å². The van der Waals surface area contributed by atoms with Crippen LogP contribution in [0, 0.1) is 12.8 Å². The summed E-state index contributed by atoms with van der Waals surface area (Å²) in [6.45, 7) is 4.00. The molecule has 5 heteroatoms. The van der Waals surface area contributed by atoms with Crippen molar-refractivity contribution in [2.24, 2.45) is 11.0 Å². The summed E-state index contributed by atoms with van der Waals surface area (Å²) >= 11 is 0. The maximum absolute atomic E-state index is 12.0. The van der Waals surface area contributed by atoms with Crippen LogP contribution in [0.15, 0.2) is 34.3 Å². The van der Waals surface area contributed by atoms with Crippen LogP contribution in [0.2, 0.25) is 0 Å². The Morgan fingerprint density at radius 2 is 1.94 bits per heavy atom. The van der Waals surface area contributed by atoms with Gasteiger partial charge in [-0.15, -0.1) is 0 Å². The van der Waals surface area contributed by atoms with Gasteiger partial charge in [0, 0.05) is 5.71 Å². The van der Waals surface area contributed by atoms with E-state index in [1.54, 1.807) is 24.3 Å². The Hall–Kier alpha value is -1.36. The van der Waals surface area contributed by atoms with E-state index in [1.807, 2.05) is 6.92 Å². The van der Waals surface area contributed by atoms with Crippen LogP contribution in [-0.4, -0.2) is 14.1 Å².